The van der Waals surface area contributed by atoms with Crippen LogP contribution in [0.1, 0.15) is 60.6 Å². The number of nitrogens with one attached hydrogen (secondary N) is 2. The Hall–Kier alpha value is -2.35. The molecule has 170 valence electrons. The molecule has 1 aromatic heterocycles. The van der Waals surface area contributed by atoms with Crippen LogP contribution in [0, 0.1) is 0 Å². The molecule has 31 heavy (non-hydrogen) atoms. The Labute approximate surface area is 193 Å². The fourth-order valence-corrected chi connectivity index (χ4v) is 3.37. The first kappa shape index (κ1) is 24.9. The minimum Gasteiger partial charge on any atom is -0.315 e. The van der Waals surface area contributed by atoms with Crippen LogP contribution in [0.25, 0.3) is 0 Å². The van der Waals surface area contributed by atoms with Gasteiger partial charge in [-0.1, -0.05) is 39.8 Å². The van der Waals surface area contributed by atoms with E-state index >= 15 is 0 Å². The van der Waals surface area contributed by atoms with E-state index in [9.17, 15) is 9.59 Å². The zero-order valence-corrected chi connectivity index (χ0v) is 21.1. The lowest BCUT2D eigenvalue weighted by Gasteiger charge is -2.24. The number of anilines is 2. The summed E-state index contributed by atoms with van der Waals surface area (Å²) in [6, 6.07) is 8.98. The molecule has 0 aliphatic rings. The molecule has 0 radical (unpaired) electrons. The van der Waals surface area contributed by atoms with Gasteiger partial charge in [-0.05, 0) is 55.3 Å². The molecular weight excluding hydrogens is 458 g/mol. The maximum absolute atomic E-state index is 12.9. The van der Waals surface area contributed by atoms with Crippen molar-refractivity contribution in [2.45, 2.75) is 65.8 Å². The first-order valence-electron chi connectivity index (χ1n) is 10.5. The van der Waals surface area contributed by atoms with Gasteiger partial charge >= 0.3 is 6.03 Å². The van der Waals surface area contributed by atoms with Gasteiger partial charge in [0.15, 0.2) is 0 Å². The number of nitrogens with zero attached hydrogens (tertiary/aromatic N) is 3. The molecule has 2 aromatic rings. The highest BCUT2D eigenvalue weighted by molar-refractivity contribution is 9.10. The predicted molar refractivity (Wildman–Crippen MR) is 130 cm³/mol. The van der Waals surface area contributed by atoms with Crippen molar-refractivity contribution in [2.24, 2.45) is 0 Å². The van der Waals surface area contributed by atoms with Crippen molar-refractivity contribution in [2.75, 3.05) is 23.7 Å². The molecule has 0 unspecified atom stereocenters. The van der Waals surface area contributed by atoms with Crippen LogP contribution in [0.3, 0.4) is 0 Å². The van der Waals surface area contributed by atoms with Crippen molar-refractivity contribution in [1.82, 2.24) is 14.7 Å². The molecule has 0 spiro atoms. The Morgan fingerprint density at radius 2 is 1.74 bits per heavy atom. The summed E-state index contributed by atoms with van der Waals surface area (Å²) in [5.74, 6) is 0.367. The van der Waals surface area contributed by atoms with Crippen molar-refractivity contribution < 1.29 is 9.59 Å². The lowest BCUT2D eigenvalue weighted by atomic mass is 9.92. The van der Waals surface area contributed by atoms with Gasteiger partial charge in [-0.25, -0.2) is 9.48 Å². The number of amides is 3. The number of rotatable bonds is 6. The average molecular weight is 492 g/mol. The van der Waals surface area contributed by atoms with E-state index in [-0.39, 0.29) is 29.4 Å². The zero-order valence-electron chi connectivity index (χ0n) is 19.5. The maximum atomic E-state index is 12.9. The van der Waals surface area contributed by atoms with Crippen LogP contribution >= 0.6 is 15.9 Å². The number of para-hydroxylation sites is 1. The Morgan fingerprint density at radius 1 is 1.10 bits per heavy atom. The average Bonchev–Trinajstić information content (AvgIpc) is 3.07. The van der Waals surface area contributed by atoms with Gasteiger partial charge in [-0.15, -0.1) is 0 Å². The fraction of sp³-hybridized carbons (Fsp3) is 0.522. The van der Waals surface area contributed by atoms with Crippen LogP contribution < -0.4 is 10.6 Å². The van der Waals surface area contributed by atoms with Crippen LogP contribution in [-0.2, 0) is 15.7 Å². The van der Waals surface area contributed by atoms with Crippen LogP contribution in [-0.4, -0.2) is 39.7 Å². The molecule has 1 heterocycles. The van der Waals surface area contributed by atoms with Crippen molar-refractivity contribution in [3.8, 4) is 0 Å². The van der Waals surface area contributed by atoms with Crippen molar-refractivity contribution in [1.29, 1.82) is 0 Å². The normalized spacial score (nSPS) is 11.9. The van der Waals surface area contributed by atoms with Gasteiger partial charge in [0.05, 0.1) is 16.9 Å². The third-order valence-corrected chi connectivity index (χ3v) is 5.30. The molecule has 0 atom stereocenters. The van der Waals surface area contributed by atoms with Crippen LogP contribution in [0.4, 0.5) is 16.3 Å². The highest BCUT2D eigenvalue weighted by Gasteiger charge is 2.26. The fourth-order valence-electron chi connectivity index (χ4n) is 2.98. The third-order valence-electron chi connectivity index (χ3n) is 4.61. The van der Waals surface area contributed by atoms with Gasteiger partial charge < -0.3 is 15.5 Å². The largest absolute Gasteiger partial charge is 0.322 e. The molecule has 0 saturated heterocycles. The molecule has 2 N–H and O–H groups in total. The van der Waals surface area contributed by atoms with Crippen LogP contribution in [0.2, 0.25) is 0 Å². The summed E-state index contributed by atoms with van der Waals surface area (Å²) in [5.41, 5.74) is 1.11. The summed E-state index contributed by atoms with van der Waals surface area (Å²) in [7, 11) is 0. The first-order chi connectivity index (χ1) is 14.3. The highest BCUT2D eigenvalue weighted by Crippen LogP contribution is 2.28. The summed E-state index contributed by atoms with van der Waals surface area (Å²) in [5, 5.41) is 10.6. The Bertz CT molecular complexity index is 925. The minimum absolute atomic E-state index is 0.0513. The topological polar surface area (TPSA) is 79.3 Å². The number of benzene rings is 1. The van der Waals surface area contributed by atoms with E-state index in [2.05, 4.69) is 47.3 Å². The molecule has 0 saturated carbocycles. The van der Waals surface area contributed by atoms with Crippen LogP contribution in [0.5, 0.6) is 0 Å². The molecule has 1 aromatic carbocycles. The Kier molecular flexibility index (Phi) is 7.92. The lowest BCUT2D eigenvalue weighted by Crippen LogP contribution is -2.41. The van der Waals surface area contributed by atoms with E-state index < -0.39 is 0 Å². The smallest absolute Gasteiger partial charge is 0.315 e. The van der Waals surface area contributed by atoms with E-state index in [0.29, 0.717) is 18.1 Å². The molecule has 0 aliphatic carbocycles. The molecule has 0 aliphatic heterocycles. The number of halogens is 1. The van der Waals surface area contributed by atoms with Gasteiger partial charge in [0.25, 0.3) is 0 Å². The third kappa shape index (κ3) is 6.82. The molecular formula is C23H34BrN5O2. The summed E-state index contributed by atoms with van der Waals surface area (Å²) in [4.78, 5) is 27.2. The molecule has 0 bridgehead atoms. The molecule has 0 fully saturated rings. The van der Waals surface area contributed by atoms with Crippen molar-refractivity contribution >= 4 is 39.4 Å². The molecule has 3 amide bonds. The number of hydrogen-bond donors (Lipinski definition) is 2. The minimum atomic E-state index is -0.316. The van der Waals surface area contributed by atoms with E-state index in [4.69, 9.17) is 5.10 Å². The van der Waals surface area contributed by atoms with Gasteiger partial charge in [-0.3, -0.25) is 4.79 Å². The van der Waals surface area contributed by atoms with E-state index in [0.717, 1.165) is 16.6 Å². The Morgan fingerprint density at radius 3 is 2.29 bits per heavy atom. The number of urea groups is 1. The second-order valence-corrected chi connectivity index (χ2v) is 10.5. The standard InChI is InChI=1S/C23H34BrN5O2/c1-8-13-28(21(31)25-17-12-10-9-11-16(17)24)15-20(30)26-19-14-18(22(2,3)4)27-29(19)23(5,6)7/h9-12,14H,8,13,15H2,1-7H3,(H,25,31)(H,26,30). The van der Waals surface area contributed by atoms with E-state index in [1.165, 1.54) is 4.90 Å². The monoisotopic (exact) mass is 491 g/mol. The van der Waals surface area contributed by atoms with Gasteiger partial charge in [0.2, 0.25) is 5.91 Å². The van der Waals surface area contributed by atoms with Gasteiger partial charge in [-0.2, -0.15) is 5.10 Å². The predicted octanol–water partition coefficient (Wildman–Crippen LogP) is 5.58. The van der Waals surface area contributed by atoms with E-state index in [1.807, 2.05) is 62.7 Å². The number of aromatic nitrogens is 2. The summed E-state index contributed by atoms with van der Waals surface area (Å²) in [6.07, 6.45) is 0.741. The molecule has 2 rings (SSSR count). The second kappa shape index (κ2) is 9.85. The zero-order chi connectivity index (χ0) is 23.4. The summed E-state index contributed by atoms with van der Waals surface area (Å²) >= 11 is 3.43. The first-order valence-corrected chi connectivity index (χ1v) is 11.3. The van der Waals surface area contributed by atoms with E-state index in [1.54, 1.807) is 0 Å². The SMILES string of the molecule is CCCN(CC(=O)Nc1cc(C(C)(C)C)nn1C(C)(C)C)C(=O)Nc1ccccc1Br. The van der Waals surface area contributed by atoms with Crippen LogP contribution in [0.15, 0.2) is 34.8 Å². The lowest BCUT2D eigenvalue weighted by molar-refractivity contribution is -0.116. The number of carbonyl (C=O) groups is 2. The van der Waals surface area contributed by atoms with Crippen molar-refractivity contribution in [3.05, 3.63) is 40.5 Å². The second-order valence-electron chi connectivity index (χ2n) is 9.63. The van der Waals surface area contributed by atoms with Gasteiger partial charge in [0, 0.05) is 22.5 Å². The number of hydrogen-bond acceptors (Lipinski definition) is 3. The maximum Gasteiger partial charge on any atom is 0.322 e. The molecule has 7 nitrogen and oxygen atoms in total. The molecule has 8 heteroatoms. The summed E-state index contributed by atoms with van der Waals surface area (Å²) < 4.78 is 2.62. The van der Waals surface area contributed by atoms with Crippen molar-refractivity contribution in [3.63, 3.8) is 0 Å². The quantitative estimate of drug-likeness (QED) is 0.553. The summed E-state index contributed by atoms with van der Waals surface area (Å²) in [6.45, 7) is 14.8. The number of carbonyl (C=O) groups excluding carboxylic acids is 2. The van der Waals surface area contributed by atoms with Gasteiger partial charge in [0.1, 0.15) is 12.4 Å². The Balaban J connectivity index is 2.17. The highest BCUT2D eigenvalue weighted by atomic mass is 79.9.